The number of nitrogen functional groups attached to an aromatic ring is 1. The highest BCUT2D eigenvalue weighted by Gasteiger charge is 2.29. The van der Waals surface area contributed by atoms with Gasteiger partial charge < -0.3 is 10.5 Å². The van der Waals surface area contributed by atoms with Gasteiger partial charge in [0.1, 0.15) is 6.61 Å². The molecule has 0 aliphatic heterocycles. The normalized spacial score (nSPS) is 11.6. The van der Waals surface area contributed by atoms with E-state index < -0.39 is 25.5 Å². The third kappa shape index (κ3) is 3.62. The van der Waals surface area contributed by atoms with E-state index in [-0.39, 0.29) is 11.4 Å². The van der Waals surface area contributed by atoms with Crippen molar-refractivity contribution in [1.29, 1.82) is 0 Å². The van der Waals surface area contributed by atoms with Gasteiger partial charge in [-0.05, 0) is 6.92 Å². The number of carbonyl (C=O) groups excluding carboxylic acids is 1. The second kappa shape index (κ2) is 5.25. The van der Waals surface area contributed by atoms with Crippen LogP contribution in [0.25, 0.3) is 0 Å². The van der Waals surface area contributed by atoms with Crippen molar-refractivity contribution in [1.82, 2.24) is 9.78 Å². The van der Waals surface area contributed by atoms with Crippen LogP contribution < -0.4 is 5.73 Å². The van der Waals surface area contributed by atoms with Crippen LogP contribution in [0.1, 0.15) is 16.2 Å². The van der Waals surface area contributed by atoms with Gasteiger partial charge in [-0.3, -0.25) is 9.42 Å². The van der Waals surface area contributed by atoms with Gasteiger partial charge in [0.05, 0.1) is 18.0 Å². The Balaban J connectivity index is 2.51. The SMILES string of the molecule is Cc1nn(C)c(C(=O)OCCOC(F)(F)F)c1N. The number of alkyl halides is 3. The third-order valence-corrected chi connectivity index (χ3v) is 2.04. The molecule has 0 amide bonds. The molecule has 6 nitrogen and oxygen atoms in total. The van der Waals surface area contributed by atoms with Gasteiger partial charge in [-0.25, -0.2) is 4.79 Å². The molecule has 0 saturated carbocycles. The molecule has 1 aromatic heterocycles. The van der Waals surface area contributed by atoms with Crippen molar-refractivity contribution in [2.24, 2.45) is 7.05 Å². The Labute approximate surface area is 100 Å². The Hall–Kier alpha value is -1.77. The topological polar surface area (TPSA) is 79.4 Å². The van der Waals surface area contributed by atoms with Crippen LogP contribution in [0.15, 0.2) is 0 Å². The molecule has 0 unspecified atom stereocenters. The molecule has 1 aromatic rings. The molecule has 0 atom stereocenters. The Morgan fingerprint density at radius 1 is 1.44 bits per heavy atom. The van der Waals surface area contributed by atoms with Crippen molar-refractivity contribution in [2.75, 3.05) is 18.9 Å². The monoisotopic (exact) mass is 267 g/mol. The van der Waals surface area contributed by atoms with Crippen molar-refractivity contribution >= 4 is 11.7 Å². The minimum Gasteiger partial charge on any atom is -0.458 e. The predicted octanol–water partition coefficient (Wildman–Crippen LogP) is 1.00. The second-order valence-corrected chi connectivity index (χ2v) is 3.40. The van der Waals surface area contributed by atoms with E-state index in [1.54, 1.807) is 6.92 Å². The average Bonchev–Trinajstić information content (AvgIpc) is 2.47. The van der Waals surface area contributed by atoms with E-state index >= 15 is 0 Å². The summed E-state index contributed by atoms with van der Waals surface area (Å²) in [6.45, 7) is 0.298. The van der Waals surface area contributed by atoms with Crippen molar-refractivity contribution in [3.63, 3.8) is 0 Å². The summed E-state index contributed by atoms with van der Waals surface area (Å²) in [4.78, 5) is 11.5. The number of hydrogen-bond donors (Lipinski definition) is 1. The first-order valence-corrected chi connectivity index (χ1v) is 4.89. The number of nitrogens with zero attached hydrogens (tertiary/aromatic N) is 2. The summed E-state index contributed by atoms with van der Waals surface area (Å²) in [6, 6.07) is 0. The van der Waals surface area contributed by atoms with E-state index in [0.29, 0.717) is 5.69 Å². The van der Waals surface area contributed by atoms with E-state index in [1.165, 1.54) is 11.7 Å². The molecule has 0 aliphatic carbocycles. The first-order chi connectivity index (χ1) is 8.22. The average molecular weight is 267 g/mol. The van der Waals surface area contributed by atoms with Crippen LogP contribution >= 0.6 is 0 Å². The van der Waals surface area contributed by atoms with Crippen LogP contribution in [-0.2, 0) is 16.5 Å². The van der Waals surface area contributed by atoms with Gasteiger partial charge in [0.25, 0.3) is 0 Å². The predicted molar refractivity (Wildman–Crippen MR) is 54.6 cm³/mol. The molecule has 2 N–H and O–H groups in total. The highest BCUT2D eigenvalue weighted by Crippen LogP contribution is 2.17. The molecule has 1 heterocycles. The van der Waals surface area contributed by atoms with Crippen molar-refractivity contribution in [2.45, 2.75) is 13.3 Å². The smallest absolute Gasteiger partial charge is 0.458 e. The number of esters is 1. The van der Waals surface area contributed by atoms with Gasteiger partial charge in [0.2, 0.25) is 0 Å². The largest absolute Gasteiger partial charge is 0.522 e. The molecule has 0 spiro atoms. The fourth-order valence-electron chi connectivity index (χ4n) is 1.28. The van der Waals surface area contributed by atoms with Crippen LogP contribution in [0.5, 0.6) is 0 Å². The molecule has 0 aromatic carbocycles. The first-order valence-electron chi connectivity index (χ1n) is 4.89. The van der Waals surface area contributed by atoms with Gasteiger partial charge in [0, 0.05) is 7.05 Å². The molecule has 0 radical (unpaired) electrons. The van der Waals surface area contributed by atoms with E-state index in [0.717, 1.165) is 0 Å². The Morgan fingerprint density at radius 3 is 2.50 bits per heavy atom. The lowest BCUT2D eigenvalue weighted by atomic mass is 10.3. The molecule has 102 valence electrons. The summed E-state index contributed by atoms with van der Waals surface area (Å²) >= 11 is 0. The van der Waals surface area contributed by atoms with Crippen LogP contribution in [0, 0.1) is 6.92 Å². The maximum Gasteiger partial charge on any atom is 0.522 e. The number of anilines is 1. The summed E-state index contributed by atoms with van der Waals surface area (Å²) in [5.74, 6) is -0.846. The Kier molecular flexibility index (Phi) is 4.17. The molecule has 0 aliphatic rings. The molecule has 1 rings (SSSR count). The standard InChI is InChI=1S/C9H12F3N3O3/c1-5-6(13)7(15(2)14-5)8(16)17-3-4-18-9(10,11)12/h3-4,13H2,1-2H3. The van der Waals surface area contributed by atoms with E-state index in [4.69, 9.17) is 5.73 Å². The zero-order chi connectivity index (χ0) is 13.9. The zero-order valence-corrected chi connectivity index (χ0v) is 9.74. The fourth-order valence-corrected chi connectivity index (χ4v) is 1.28. The van der Waals surface area contributed by atoms with E-state index in [1.807, 2.05) is 0 Å². The molecular weight excluding hydrogens is 255 g/mol. The van der Waals surface area contributed by atoms with Crippen LogP contribution in [-0.4, -0.2) is 35.3 Å². The van der Waals surface area contributed by atoms with Gasteiger partial charge >= 0.3 is 12.3 Å². The number of hydrogen-bond acceptors (Lipinski definition) is 5. The van der Waals surface area contributed by atoms with Crippen LogP contribution in [0.4, 0.5) is 18.9 Å². The maximum atomic E-state index is 11.6. The summed E-state index contributed by atoms with van der Waals surface area (Å²) < 4.78 is 44.2. The van der Waals surface area contributed by atoms with Crippen molar-refractivity contribution in [3.05, 3.63) is 11.4 Å². The Morgan fingerprint density at radius 2 is 2.06 bits per heavy atom. The number of aromatic nitrogens is 2. The van der Waals surface area contributed by atoms with Crippen LogP contribution in [0.2, 0.25) is 0 Å². The molecule has 0 saturated heterocycles. The second-order valence-electron chi connectivity index (χ2n) is 3.40. The summed E-state index contributed by atoms with van der Waals surface area (Å²) in [5, 5.41) is 3.88. The van der Waals surface area contributed by atoms with E-state index in [2.05, 4.69) is 14.6 Å². The maximum absolute atomic E-state index is 11.6. The summed E-state index contributed by atoms with van der Waals surface area (Å²) in [7, 11) is 1.48. The molecule has 9 heteroatoms. The number of nitrogens with two attached hydrogens (primary N) is 1. The lowest BCUT2D eigenvalue weighted by Crippen LogP contribution is -2.20. The minimum absolute atomic E-state index is 0.000455. The summed E-state index contributed by atoms with van der Waals surface area (Å²) in [5.41, 5.74) is 6.16. The quantitative estimate of drug-likeness (QED) is 0.650. The number of halogens is 3. The molecular formula is C9H12F3N3O3. The van der Waals surface area contributed by atoms with Crippen molar-refractivity contribution < 1.29 is 27.4 Å². The first kappa shape index (κ1) is 14.3. The van der Waals surface area contributed by atoms with Gasteiger partial charge in [-0.15, -0.1) is 13.2 Å². The lowest BCUT2D eigenvalue weighted by Gasteiger charge is -2.08. The zero-order valence-electron chi connectivity index (χ0n) is 9.74. The molecule has 0 fully saturated rings. The lowest BCUT2D eigenvalue weighted by molar-refractivity contribution is -0.326. The minimum atomic E-state index is -4.74. The van der Waals surface area contributed by atoms with Gasteiger partial charge in [-0.1, -0.05) is 0 Å². The number of aryl methyl sites for hydroxylation is 2. The summed E-state index contributed by atoms with van der Waals surface area (Å²) in [6.07, 6.45) is -4.74. The highest BCUT2D eigenvalue weighted by atomic mass is 19.4. The number of rotatable bonds is 4. The Bertz CT molecular complexity index is 442. The van der Waals surface area contributed by atoms with E-state index in [9.17, 15) is 18.0 Å². The highest BCUT2D eigenvalue weighted by molar-refractivity contribution is 5.93. The molecule has 18 heavy (non-hydrogen) atoms. The number of carbonyl (C=O) groups is 1. The fraction of sp³-hybridized carbons (Fsp3) is 0.556. The van der Waals surface area contributed by atoms with Crippen molar-refractivity contribution in [3.8, 4) is 0 Å². The van der Waals surface area contributed by atoms with Crippen LogP contribution in [0.3, 0.4) is 0 Å². The van der Waals surface area contributed by atoms with Gasteiger partial charge in [0.15, 0.2) is 5.69 Å². The van der Waals surface area contributed by atoms with Gasteiger partial charge in [-0.2, -0.15) is 5.10 Å². The number of ether oxygens (including phenoxy) is 2. The third-order valence-electron chi connectivity index (χ3n) is 2.04. The molecule has 0 bridgehead atoms.